The molecule has 168 valence electrons. The molecule has 0 radical (unpaired) electrons. The van der Waals surface area contributed by atoms with Crippen molar-refractivity contribution in [1.82, 2.24) is 15.2 Å². The van der Waals surface area contributed by atoms with E-state index in [4.69, 9.17) is 4.74 Å². The van der Waals surface area contributed by atoms with Crippen LogP contribution in [0.3, 0.4) is 0 Å². The van der Waals surface area contributed by atoms with Crippen LogP contribution in [0.1, 0.15) is 11.1 Å². The fourth-order valence-electron chi connectivity index (χ4n) is 3.99. The van der Waals surface area contributed by atoms with E-state index < -0.39 is 17.4 Å². The Morgan fingerprint density at radius 1 is 0.971 bits per heavy atom. The third-order valence-electron chi connectivity index (χ3n) is 5.62. The van der Waals surface area contributed by atoms with Gasteiger partial charge in [0, 0.05) is 17.0 Å². The van der Waals surface area contributed by atoms with Crippen LogP contribution in [-0.2, 0) is 16.3 Å². The van der Waals surface area contributed by atoms with Crippen molar-refractivity contribution in [3.8, 4) is 17.1 Å². The van der Waals surface area contributed by atoms with Crippen molar-refractivity contribution in [2.24, 2.45) is 0 Å². The lowest BCUT2D eigenvalue weighted by Crippen LogP contribution is -2.47. The minimum Gasteiger partial charge on any atom is -0.435 e. The van der Waals surface area contributed by atoms with E-state index in [1.807, 2.05) is 6.07 Å². The molecule has 0 unspecified atom stereocenters. The quantitative estimate of drug-likeness (QED) is 0.415. The maximum Gasteiger partial charge on any atom is 0.295 e. The summed E-state index contributed by atoms with van der Waals surface area (Å²) >= 11 is 1.18. The van der Waals surface area contributed by atoms with Crippen LogP contribution in [-0.4, -0.2) is 21.1 Å². The SMILES string of the molecule is O=C1Nc2ccc(F)cc2[C@@]12Nc1ccccc1-c1nnc(SCc3ccccc3F)nc1O2. The zero-order valence-corrected chi connectivity index (χ0v) is 18.2. The molecule has 34 heavy (non-hydrogen) atoms. The Morgan fingerprint density at radius 3 is 2.68 bits per heavy atom. The summed E-state index contributed by atoms with van der Waals surface area (Å²) < 4.78 is 34.4. The van der Waals surface area contributed by atoms with Gasteiger partial charge in [0.1, 0.15) is 11.6 Å². The van der Waals surface area contributed by atoms with Crippen LogP contribution in [0.5, 0.6) is 5.88 Å². The summed E-state index contributed by atoms with van der Waals surface area (Å²) in [6.45, 7) is 0. The molecule has 3 heterocycles. The van der Waals surface area contributed by atoms with Crippen molar-refractivity contribution in [3.63, 3.8) is 0 Å². The van der Waals surface area contributed by atoms with E-state index in [1.165, 1.54) is 36.0 Å². The molecular formula is C24H15F2N5O2S. The Bertz CT molecular complexity index is 1470. The molecule has 7 nitrogen and oxygen atoms in total. The smallest absolute Gasteiger partial charge is 0.295 e. The second-order valence-corrected chi connectivity index (χ2v) is 8.67. The van der Waals surface area contributed by atoms with Gasteiger partial charge >= 0.3 is 0 Å². The van der Waals surface area contributed by atoms with Gasteiger partial charge in [-0.1, -0.05) is 48.2 Å². The molecule has 4 aromatic rings. The number of ether oxygens (including phenoxy) is 1. The third-order valence-corrected chi connectivity index (χ3v) is 6.51. The zero-order chi connectivity index (χ0) is 23.3. The predicted octanol–water partition coefficient (Wildman–Crippen LogP) is 4.72. The fraction of sp³-hybridized carbons (Fsp3) is 0.0833. The van der Waals surface area contributed by atoms with Crippen molar-refractivity contribution in [3.05, 3.63) is 89.5 Å². The molecule has 1 atom stereocenters. The minimum atomic E-state index is -1.76. The van der Waals surface area contributed by atoms with Gasteiger partial charge in [-0.25, -0.2) is 8.78 Å². The highest BCUT2D eigenvalue weighted by Gasteiger charge is 2.52. The summed E-state index contributed by atoms with van der Waals surface area (Å²) in [5.41, 5.74) is 0.953. The number of hydrogen-bond donors (Lipinski definition) is 2. The number of nitrogens with one attached hydrogen (secondary N) is 2. The maximum atomic E-state index is 14.2. The molecule has 0 saturated carbocycles. The second kappa shape index (κ2) is 7.77. The van der Waals surface area contributed by atoms with Crippen LogP contribution in [0, 0.1) is 11.6 Å². The van der Waals surface area contributed by atoms with Gasteiger partial charge < -0.3 is 15.4 Å². The lowest BCUT2D eigenvalue weighted by molar-refractivity contribution is -0.128. The molecule has 2 aliphatic heterocycles. The summed E-state index contributed by atoms with van der Waals surface area (Å²) in [6.07, 6.45) is 0. The molecule has 1 amide bonds. The Labute approximate surface area is 196 Å². The van der Waals surface area contributed by atoms with Crippen LogP contribution < -0.4 is 15.4 Å². The lowest BCUT2D eigenvalue weighted by Gasteiger charge is -2.28. The predicted molar refractivity (Wildman–Crippen MR) is 122 cm³/mol. The summed E-state index contributed by atoms with van der Waals surface area (Å²) in [7, 11) is 0. The number of fused-ring (bicyclic) bond motifs is 5. The van der Waals surface area contributed by atoms with Gasteiger partial charge in [-0.15, -0.1) is 10.2 Å². The van der Waals surface area contributed by atoms with Crippen LogP contribution in [0.25, 0.3) is 11.3 Å². The van der Waals surface area contributed by atoms with Crippen LogP contribution in [0.2, 0.25) is 0 Å². The Balaban J connectivity index is 1.45. The summed E-state index contributed by atoms with van der Waals surface area (Å²) in [5.74, 6) is -1.03. The van der Waals surface area contributed by atoms with Crippen molar-refractivity contribution in [2.45, 2.75) is 16.6 Å². The summed E-state index contributed by atoms with van der Waals surface area (Å²) in [5, 5.41) is 14.6. The Morgan fingerprint density at radius 2 is 1.79 bits per heavy atom. The number of carbonyl (C=O) groups excluding carboxylic acids is 1. The molecule has 6 rings (SSSR count). The maximum absolute atomic E-state index is 14.2. The lowest BCUT2D eigenvalue weighted by atomic mass is 10.0. The van der Waals surface area contributed by atoms with E-state index in [-0.39, 0.29) is 22.6 Å². The van der Waals surface area contributed by atoms with E-state index in [1.54, 1.807) is 36.4 Å². The minimum absolute atomic E-state index is 0.0516. The van der Waals surface area contributed by atoms with Crippen LogP contribution in [0.15, 0.2) is 71.9 Å². The monoisotopic (exact) mass is 475 g/mol. The number of carbonyl (C=O) groups is 1. The largest absolute Gasteiger partial charge is 0.435 e. The van der Waals surface area contributed by atoms with Crippen LogP contribution >= 0.6 is 11.8 Å². The highest BCUT2D eigenvalue weighted by Crippen LogP contribution is 2.46. The first-order valence-corrected chi connectivity index (χ1v) is 11.3. The normalized spacial score (nSPS) is 17.6. The number of aromatic nitrogens is 3. The van der Waals surface area contributed by atoms with E-state index >= 15 is 0 Å². The summed E-state index contributed by atoms with van der Waals surface area (Å²) in [4.78, 5) is 17.7. The number of benzene rings is 3. The number of anilines is 2. The molecule has 0 saturated heterocycles. The average molecular weight is 475 g/mol. The molecular weight excluding hydrogens is 460 g/mol. The highest BCUT2D eigenvalue weighted by molar-refractivity contribution is 7.98. The first-order chi connectivity index (χ1) is 16.5. The number of para-hydroxylation sites is 1. The Kier molecular flexibility index (Phi) is 4.70. The van der Waals surface area contributed by atoms with Gasteiger partial charge in [-0.3, -0.25) is 4.79 Å². The fourth-order valence-corrected chi connectivity index (χ4v) is 4.76. The number of hydrogen-bond acceptors (Lipinski definition) is 7. The molecule has 2 aliphatic rings. The van der Waals surface area contributed by atoms with Crippen LogP contribution in [0.4, 0.5) is 20.2 Å². The van der Waals surface area contributed by atoms with Gasteiger partial charge in [0.25, 0.3) is 11.6 Å². The first kappa shape index (κ1) is 20.5. The molecule has 3 aromatic carbocycles. The molecule has 0 fully saturated rings. The van der Waals surface area contributed by atoms with E-state index in [9.17, 15) is 13.6 Å². The van der Waals surface area contributed by atoms with E-state index in [0.717, 1.165) is 0 Å². The van der Waals surface area contributed by atoms with Gasteiger partial charge in [0.15, 0.2) is 5.69 Å². The molecule has 0 bridgehead atoms. The number of nitrogens with zero attached hydrogens (tertiary/aromatic N) is 3. The number of amides is 1. The zero-order valence-electron chi connectivity index (χ0n) is 17.4. The molecule has 2 N–H and O–H groups in total. The van der Waals surface area contributed by atoms with E-state index in [0.29, 0.717) is 33.8 Å². The average Bonchev–Trinajstić information content (AvgIpc) is 3.00. The van der Waals surface area contributed by atoms with E-state index in [2.05, 4.69) is 25.8 Å². The Hall–Kier alpha value is -4.05. The second-order valence-electron chi connectivity index (χ2n) is 7.73. The van der Waals surface area contributed by atoms with Gasteiger partial charge in [-0.2, -0.15) is 4.98 Å². The molecule has 10 heteroatoms. The van der Waals surface area contributed by atoms with Gasteiger partial charge in [0.2, 0.25) is 11.0 Å². The molecule has 1 aromatic heterocycles. The topological polar surface area (TPSA) is 89.0 Å². The first-order valence-electron chi connectivity index (χ1n) is 10.3. The number of rotatable bonds is 3. The standard InChI is InChI=1S/C24H15F2N5O2S/c25-14-9-10-19-16(11-14)24(22(32)27-19)29-18-8-4-2-6-15(18)20-21(33-24)28-23(31-30-20)34-12-13-5-1-3-7-17(13)26/h1-11,29H,12H2,(H,27,32)/t24-/m0/s1. The van der Waals surface area contributed by atoms with Crippen molar-refractivity contribution >= 4 is 29.0 Å². The van der Waals surface area contributed by atoms with Crippen molar-refractivity contribution < 1.29 is 18.3 Å². The van der Waals surface area contributed by atoms with Crippen molar-refractivity contribution in [2.75, 3.05) is 10.6 Å². The van der Waals surface area contributed by atoms with Crippen molar-refractivity contribution in [1.29, 1.82) is 0 Å². The highest BCUT2D eigenvalue weighted by atomic mass is 32.2. The van der Waals surface area contributed by atoms with Gasteiger partial charge in [0.05, 0.1) is 11.3 Å². The van der Waals surface area contributed by atoms with Gasteiger partial charge in [-0.05, 0) is 35.9 Å². The number of halogens is 2. The molecule has 1 spiro atoms. The summed E-state index contributed by atoms with van der Waals surface area (Å²) in [6, 6.07) is 17.6. The molecule has 0 aliphatic carbocycles. The third kappa shape index (κ3) is 3.26. The number of thioether (sulfide) groups is 1.